The second kappa shape index (κ2) is 4.51. The Balaban J connectivity index is 1.84. The molecule has 4 heteroatoms. The second-order valence-electron chi connectivity index (χ2n) is 7.26. The van der Waals surface area contributed by atoms with Crippen molar-refractivity contribution in [3.05, 3.63) is 12.4 Å². The monoisotopic (exact) mass is 262 g/mol. The molecule has 1 aromatic rings. The number of nitrogens with one attached hydrogen (secondary N) is 1. The largest absolute Gasteiger partial charge is 0.378 e. The zero-order valence-electron chi connectivity index (χ0n) is 12.6. The Morgan fingerprint density at radius 1 is 1.26 bits per heavy atom. The number of aromatic nitrogens is 2. The predicted octanol–water partition coefficient (Wildman–Crippen LogP) is 2.34. The minimum atomic E-state index is 0.318. The minimum Gasteiger partial charge on any atom is -0.378 e. The summed E-state index contributed by atoms with van der Waals surface area (Å²) in [6.45, 7) is 9.67. The Bertz CT molecular complexity index is 437. The quantitative estimate of drug-likeness (QED) is 0.888. The molecule has 1 aromatic heterocycles. The van der Waals surface area contributed by atoms with E-state index in [0.29, 0.717) is 17.5 Å². The van der Waals surface area contributed by atoms with Crippen molar-refractivity contribution in [2.75, 3.05) is 18.4 Å². The molecule has 2 bridgehead atoms. The summed E-state index contributed by atoms with van der Waals surface area (Å²) < 4.78 is 1.87. The maximum absolute atomic E-state index is 4.27. The number of hydrogen-bond acceptors (Lipinski definition) is 3. The van der Waals surface area contributed by atoms with Crippen molar-refractivity contribution in [3.8, 4) is 0 Å². The Labute approximate surface area is 116 Å². The van der Waals surface area contributed by atoms with Crippen LogP contribution in [-0.4, -0.2) is 39.9 Å². The lowest BCUT2D eigenvalue weighted by atomic mass is 9.69. The Hall–Kier alpha value is -1.03. The summed E-state index contributed by atoms with van der Waals surface area (Å²) in [6, 6.07) is 1.19. The van der Waals surface area contributed by atoms with Crippen LogP contribution in [0.1, 0.15) is 33.6 Å². The van der Waals surface area contributed by atoms with Gasteiger partial charge in [0.25, 0.3) is 0 Å². The van der Waals surface area contributed by atoms with E-state index in [-0.39, 0.29) is 0 Å². The van der Waals surface area contributed by atoms with Crippen molar-refractivity contribution in [1.29, 1.82) is 0 Å². The molecule has 3 saturated heterocycles. The first kappa shape index (κ1) is 13.0. The lowest BCUT2D eigenvalue weighted by Crippen LogP contribution is -2.64. The normalized spacial score (nSPS) is 34.5. The summed E-state index contributed by atoms with van der Waals surface area (Å²) in [6.07, 6.45) is 6.70. The van der Waals surface area contributed by atoms with Gasteiger partial charge in [-0.05, 0) is 37.3 Å². The van der Waals surface area contributed by atoms with Crippen molar-refractivity contribution < 1.29 is 0 Å². The zero-order valence-corrected chi connectivity index (χ0v) is 12.6. The summed E-state index contributed by atoms with van der Waals surface area (Å²) in [5, 5.41) is 8.04. The molecule has 2 atom stereocenters. The van der Waals surface area contributed by atoms with Gasteiger partial charge in [-0.1, -0.05) is 20.8 Å². The van der Waals surface area contributed by atoms with Crippen LogP contribution in [0.15, 0.2) is 12.4 Å². The maximum Gasteiger partial charge on any atom is 0.0729 e. The molecule has 1 N–H and O–H groups in total. The molecule has 3 fully saturated rings. The second-order valence-corrected chi connectivity index (χ2v) is 7.26. The molecule has 0 spiro atoms. The van der Waals surface area contributed by atoms with Gasteiger partial charge in [0.1, 0.15) is 0 Å². The van der Waals surface area contributed by atoms with Crippen LogP contribution in [0.25, 0.3) is 0 Å². The Morgan fingerprint density at radius 3 is 2.47 bits per heavy atom. The number of hydrogen-bond donors (Lipinski definition) is 1. The van der Waals surface area contributed by atoms with Gasteiger partial charge in [-0.2, -0.15) is 5.10 Å². The molecule has 0 saturated carbocycles. The third kappa shape index (κ3) is 2.38. The average molecular weight is 262 g/mol. The van der Waals surface area contributed by atoms with Crippen LogP contribution in [0.4, 0.5) is 5.69 Å². The first-order valence-electron chi connectivity index (χ1n) is 7.44. The van der Waals surface area contributed by atoms with E-state index >= 15 is 0 Å². The van der Waals surface area contributed by atoms with Crippen LogP contribution < -0.4 is 5.32 Å². The molecule has 4 heterocycles. The summed E-state index contributed by atoms with van der Waals surface area (Å²) in [5.41, 5.74) is 1.48. The molecule has 2 unspecified atom stereocenters. The van der Waals surface area contributed by atoms with Crippen LogP contribution >= 0.6 is 0 Å². The third-order valence-electron chi connectivity index (χ3n) is 4.74. The minimum absolute atomic E-state index is 0.318. The van der Waals surface area contributed by atoms with E-state index in [1.807, 2.05) is 17.9 Å². The van der Waals surface area contributed by atoms with Gasteiger partial charge >= 0.3 is 0 Å². The molecule has 3 aliphatic rings. The molecule has 106 valence electrons. The fourth-order valence-corrected chi connectivity index (χ4v) is 4.01. The van der Waals surface area contributed by atoms with Gasteiger partial charge in [-0.25, -0.2) is 0 Å². The summed E-state index contributed by atoms with van der Waals surface area (Å²) in [4.78, 5) is 2.69. The van der Waals surface area contributed by atoms with Gasteiger partial charge in [-0.3, -0.25) is 9.58 Å². The maximum atomic E-state index is 4.27. The van der Waals surface area contributed by atoms with Gasteiger partial charge in [-0.15, -0.1) is 0 Å². The molecule has 4 nitrogen and oxygen atoms in total. The molecular weight excluding hydrogens is 236 g/mol. The highest BCUT2D eigenvalue weighted by molar-refractivity contribution is 5.40. The van der Waals surface area contributed by atoms with E-state index in [2.05, 4.69) is 42.3 Å². The number of aryl methyl sites for hydroxylation is 1. The van der Waals surface area contributed by atoms with Gasteiger partial charge in [0, 0.05) is 25.3 Å². The van der Waals surface area contributed by atoms with E-state index in [4.69, 9.17) is 0 Å². The van der Waals surface area contributed by atoms with Crippen molar-refractivity contribution in [3.63, 3.8) is 0 Å². The zero-order chi connectivity index (χ0) is 13.6. The summed E-state index contributed by atoms with van der Waals surface area (Å²) in [5.74, 6) is 0.814. The number of piperidine rings is 3. The van der Waals surface area contributed by atoms with Crippen molar-refractivity contribution in [1.82, 2.24) is 14.7 Å². The van der Waals surface area contributed by atoms with Crippen molar-refractivity contribution in [2.45, 2.75) is 45.7 Å². The van der Waals surface area contributed by atoms with Crippen LogP contribution in [0, 0.1) is 11.3 Å². The van der Waals surface area contributed by atoms with E-state index in [0.717, 1.165) is 11.6 Å². The average Bonchev–Trinajstić information content (AvgIpc) is 2.74. The lowest BCUT2D eigenvalue weighted by Gasteiger charge is -2.56. The molecule has 0 radical (unpaired) electrons. The van der Waals surface area contributed by atoms with Gasteiger partial charge < -0.3 is 5.32 Å². The fraction of sp³-hybridized carbons (Fsp3) is 0.800. The van der Waals surface area contributed by atoms with E-state index < -0.39 is 0 Å². The molecule has 0 aromatic carbocycles. The standard InChI is InChI=1S/C15H26N4/c1-15(2,3)14-13(11-5-7-19(14)8-6-11)17-12-9-16-18(4)10-12/h9-11,13-14,17H,5-8H2,1-4H3. The highest BCUT2D eigenvalue weighted by Crippen LogP contribution is 2.41. The predicted molar refractivity (Wildman–Crippen MR) is 78.2 cm³/mol. The van der Waals surface area contributed by atoms with Crippen LogP contribution in [0.2, 0.25) is 0 Å². The summed E-state index contributed by atoms with van der Waals surface area (Å²) >= 11 is 0. The number of rotatable bonds is 2. The smallest absolute Gasteiger partial charge is 0.0729 e. The first-order valence-corrected chi connectivity index (χ1v) is 7.44. The lowest BCUT2D eigenvalue weighted by molar-refractivity contribution is -0.0185. The van der Waals surface area contributed by atoms with E-state index in [1.165, 1.54) is 25.9 Å². The van der Waals surface area contributed by atoms with Crippen LogP contribution in [0.3, 0.4) is 0 Å². The first-order chi connectivity index (χ1) is 8.95. The van der Waals surface area contributed by atoms with Gasteiger partial charge in [0.05, 0.1) is 11.9 Å². The number of nitrogens with zero attached hydrogens (tertiary/aromatic N) is 3. The molecule has 0 amide bonds. The third-order valence-corrected chi connectivity index (χ3v) is 4.74. The number of fused-ring (bicyclic) bond motifs is 3. The fourth-order valence-electron chi connectivity index (χ4n) is 4.01. The number of anilines is 1. The summed E-state index contributed by atoms with van der Waals surface area (Å²) in [7, 11) is 1.98. The Morgan fingerprint density at radius 2 is 1.95 bits per heavy atom. The SMILES string of the molecule is Cn1cc(NC2C3CCN(CC3)C2C(C)(C)C)cn1. The molecule has 3 aliphatic heterocycles. The van der Waals surface area contributed by atoms with Gasteiger partial charge in [0.15, 0.2) is 0 Å². The Kier molecular flexibility index (Phi) is 3.08. The highest BCUT2D eigenvalue weighted by Gasteiger charge is 2.47. The van der Waals surface area contributed by atoms with E-state index in [9.17, 15) is 0 Å². The topological polar surface area (TPSA) is 33.1 Å². The van der Waals surface area contributed by atoms with Crippen molar-refractivity contribution in [2.24, 2.45) is 18.4 Å². The molecule has 4 rings (SSSR count). The molecule has 19 heavy (non-hydrogen) atoms. The molecule has 0 aliphatic carbocycles. The van der Waals surface area contributed by atoms with Crippen LogP contribution in [0.5, 0.6) is 0 Å². The van der Waals surface area contributed by atoms with Crippen LogP contribution in [-0.2, 0) is 7.05 Å². The molecular formula is C15H26N4. The van der Waals surface area contributed by atoms with Crippen molar-refractivity contribution >= 4 is 5.69 Å². The van der Waals surface area contributed by atoms with Gasteiger partial charge in [0.2, 0.25) is 0 Å². The highest BCUT2D eigenvalue weighted by atomic mass is 15.3. The van der Waals surface area contributed by atoms with E-state index in [1.54, 1.807) is 0 Å².